The van der Waals surface area contributed by atoms with Gasteiger partial charge in [0.05, 0.1) is 10.2 Å². The molecule has 0 radical (unpaired) electrons. The summed E-state index contributed by atoms with van der Waals surface area (Å²) in [7, 11) is 0. The second kappa shape index (κ2) is 8.81. The lowest BCUT2D eigenvalue weighted by molar-refractivity contribution is 0.410. The second-order valence-corrected chi connectivity index (χ2v) is 8.33. The zero-order valence-corrected chi connectivity index (χ0v) is 16.8. The van der Waals surface area contributed by atoms with E-state index in [9.17, 15) is 0 Å². The Balaban J connectivity index is 1.21. The van der Waals surface area contributed by atoms with E-state index in [2.05, 4.69) is 62.8 Å². The van der Waals surface area contributed by atoms with Crippen LogP contribution < -0.4 is 10.2 Å². The number of piperidine rings is 1. The fraction of sp³-hybridized carbons (Fsp3) is 0.455. The van der Waals surface area contributed by atoms with E-state index in [1.165, 1.54) is 47.9 Å². The van der Waals surface area contributed by atoms with Crippen molar-refractivity contribution in [3.05, 3.63) is 53.2 Å². The third-order valence-electron chi connectivity index (χ3n) is 5.47. The number of benzene rings is 1. The molecule has 0 aliphatic carbocycles. The van der Waals surface area contributed by atoms with Crippen molar-refractivity contribution in [1.82, 2.24) is 15.3 Å². The lowest BCUT2D eigenvalue weighted by atomic mass is 10.0. The van der Waals surface area contributed by atoms with Crippen LogP contribution in [0.25, 0.3) is 10.2 Å². The first kappa shape index (κ1) is 18.4. The molecule has 0 atom stereocenters. The van der Waals surface area contributed by atoms with Gasteiger partial charge in [0.15, 0.2) is 0 Å². The monoisotopic (exact) mass is 380 g/mol. The Morgan fingerprint density at radius 2 is 1.93 bits per heavy atom. The summed E-state index contributed by atoms with van der Waals surface area (Å²) in [5.41, 5.74) is 3.82. The van der Waals surface area contributed by atoms with Crippen molar-refractivity contribution in [2.45, 2.75) is 45.1 Å². The first-order chi connectivity index (χ1) is 13.3. The van der Waals surface area contributed by atoms with Crippen molar-refractivity contribution >= 4 is 27.4 Å². The first-order valence-electron chi connectivity index (χ1n) is 10.0. The molecule has 1 aromatic carbocycles. The summed E-state index contributed by atoms with van der Waals surface area (Å²) in [6, 6.07) is 11.4. The van der Waals surface area contributed by atoms with Crippen molar-refractivity contribution < 1.29 is 0 Å². The zero-order chi connectivity index (χ0) is 18.5. The number of hydrogen-bond acceptors (Lipinski definition) is 5. The molecule has 3 aromatic rings. The third-order valence-corrected chi connectivity index (χ3v) is 6.56. The summed E-state index contributed by atoms with van der Waals surface area (Å²) in [5, 5.41) is 5.95. The topological polar surface area (TPSA) is 41.0 Å². The van der Waals surface area contributed by atoms with Gasteiger partial charge in [-0.3, -0.25) is 0 Å². The average molecular weight is 381 g/mol. The number of unbranched alkanes of at least 4 members (excludes halogenated alkanes) is 1. The van der Waals surface area contributed by atoms with E-state index >= 15 is 0 Å². The van der Waals surface area contributed by atoms with Gasteiger partial charge >= 0.3 is 0 Å². The minimum Gasteiger partial charge on any atom is -0.355 e. The zero-order valence-electron chi connectivity index (χ0n) is 16.0. The minimum atomic E-state index is 0.639. The molecular weight excluding hydrogens is 352 g/mol. The summed E-state index contributed by atoms with van der Waals surface area (Å²) in [6.45, 7) is 5.40. The highest BCUT2D eigenvalue weighted by atomic mass is 32.1. The molecule has 0 spiro atoms. The van der Waals surface area contributed by atoms with Gasteiger partial charge in [-0.25, -0.2) is 9.97 Å². The van der Waals surface area contributed by atoms with Crippen molar-refractivity contribution in [3.63, 3.8) is 0 Å². The van der Waals surface area contributed by atoms with Crippen molar-refractivity contribution in [3.8, 4) is 0 Å². The van der Waals surface area contributed by atoms with Crippen LogP contribution in [0.5, 0.6) is 0 Å². The third kappa shape index (κ3) is 4.47. The molecule has 3 heterocycles. The number of nitrogens with zero attached hydrogens (tertiary/aromatic N) is 3. The van der Waals surface area contributed by atoms with Crippen molar-refractivity contribution in [2.24, 2.45) is 0 Å². The van der Waals surface area contributed by atoms with Gasteiger partial charge in [0, 0.05) is 19.1 Å². The molecule has 27 heavy (non-hydrogen) atoms. The standard InChI is InChI=1S/C22H28N4S/c1-17-15-27-21-20(17)24-16-25-22(21)26-13-10-19(11-14-26)23-12-6-5-9-18-7-3-2-4-8-18/h2-4,7-8,15-16,19,23H,5-6,9-14H2,1H3. The fourth-order valence-corrected chi connectivity index (χ4v) is 4.90. The van der Waals surface area contributed by atoms with Gasteiger partial charge in [0.25, 0.3) is 0 Å². The van der Waals surface area contributed by atoms with E-state index in [1.54, 1.807) is 17.7 Å². The van der Waals surface area contributed by atoms with Gasteiger partial charge in [-0.1, -0.05) is 30.3 Å². The van der Waals surface area contributed by atoms with Crippen molar-refractivity contribution in [1.29, 1.82) is 0 Å². The van der Waals surface area contributed by atoms with Crippen LogP contribution in [0.15, 0.2) is 42.0 Å². The van der Waals surface area contributed by atoms with E-state index in [4.69, 9.17) is 0 Å². The van der Waals surface area contributed by atoms with E-state index < -0.39 is 0 Å². The predicted octanol–water partition coefficient (Wildman–Crippen LogP) is 4.58. The lowest BCUT2D eigenvalue weighted by Gasteiger charge is -2.33. The first-order valence-corrected chi connectivity index (χ1v) is 10.9. The highest BCUT2D eigenvalue weighted by molar-refractivity contribution is 7.18. The van der Waals surface area contributed by atoms with Gasteiger partial charge in [0.2, 0.25) is 0 Å². The molecule has 5 heteroatoms. The van der Waals surface area contributed by atoms with Gasteiger partial charge in [-0.2, -0.15) is 0 Å². The summed E-state index contributed by atoms with van der Waals surface area (Å²) < 4.78 is 1.24. The van der Waals surface area contributed by atoms with Gasteiger partial charge in [-0.05, 0) is 62.1 Å². The van der Waals surface area contributed by atoms with Crippen LogP contribution in [0, 0.1) is 6.92 Å². The molecule has 2 aromatic heterocycles. The van der Waals surface area contributed by atoms with Crippen LogP contribution in [-0.2, 0) is 6.42 Å². The molecule has 1 aliphatic heterocycles. The second-order valence-electron chi connectivity index (χ2n) is 7.45. The van der Waals surface area contributed by atoms with E-state index in [-0.39, 0.29) is 0 Å². The highest BCUT2D eigenvalue weighted by Gasteiger charge is 2.22. The van der Waals surface area contributed by atoms with Gasteiger partial charge < -0.3 is 10.2 Å². The number of hydrogen-bond donors (Lipinski definition) is 1. The Morgan fingerprint density at radius 3 is 2.74 bits per heavy atom. The maximum absolute atomic E-state index is 4.59. The Bertz CT molecular complexity index is 853. The molecule has 4 rings (SSSR count). The largest absolute Gasteiger partial charge is 0.355 e. The van der Waals surface area contributed by atoms with Crippen LogP contribution >= 0.6 is 11.3 Å². The molecule has 0 saturated carbocycles. The number of thiophene rings is 1. The molecule has 1 fully saturated rings. The SMILES string of the molecule is Cc1csc2c(N3CCC(NCCCCc4ccccc4)CC3)ncnc12. The molecule has 142 valence electrons. The van der Waals surface area contributed by atoms with Crippen LogP contribution in [0.1, 0.15) is 36.8 Å². The summed E-state index contributed by atoms with van der Waals surface area (Å²) >= 11 is 1.77. The van der Waals surface area contributed by atoms with Crippen LogP contribution in [0.3, 0.4) is 0 Å². The summed E-state index contributed by atoms with van der Waals surface area (Å²) in [6.07, 6.45) is 7.78. The normalized spacial score (nSPS) is 15.5. The molecule has 1 aliphatic rings. The average Bonchev–Trinajstić information content (AvgIpc) is 3.10. The molecule has 1 saturated heterocycles. The van der Waals surface area contributed by atoms with Crippen LogP contribution in [0.4, 0.5) is 5.82 Å². The Kier molecular flexibility index (Phi) is 6.00. The maximum Gasteiger partial charge on any atom is 0.150 e. The van der Waals surface area contributed by atoms with Crippen molar-refractivity contribution in [2.75, 3.05) is 24.5 Å². The smallest absolute Gasteiger partial charge is 0.150 e. The molecule has 0 unspecified atom stereocenters. The minimum absolute atomic E-state index is 0.639. The number of aryl methyl sites for hydroxylation is 2. The number of nitrogens with one attached hydrogen (secondary N) is 1. The molecular formula is C22H28N4S. The summed E-state index contributed by atoms with van der Waals surface area (Å²) in [5.74, 6) is 1.12. The van der Waals surface area contributed by atoms with E-state index in [0.29, 0.717) is 6.04 Å². The number of aromatic nitrogens is 2. The van der Waals surface area contributed by atoms with Gasteiger partial charge in [-0.15, -0.1) is 11.3 Å². The molecule has 4 nitrogen and oxygen atoms in total. The number of rotatable bonds is 7. The predicted molar refractivity (Wildman–Crippen MR) is 115 cm³/mol. The maximum atomic E-state index is 4.59. The molecule has 0 amide bonds. The van der Waals surface area contributed by atoms with E-state index in [1.807, 2.05) is 0 Å². The molecule has 1 N–H and O–H groups in total. The molecule has 0 bridgehead atoms. The van der Waals surface area contributed by atoms with Gasteiger partial charge in [0.1, 0.15) is 12.1 Å². The van der Waals surface area contributed by atoms with Crippen LogP contribution in [-0.4, -0.2) is 35.6 Å². The van der Waals surface area contributed by atoms with Crippen LogP contribution in [0.2, 0.25) is 0 Å². The van der Waals surface area contributed by atoms with E-state index in [0.717, 1.165) is 31.0 Å². The lowest BCUT2D eigenvalue weighted by Crippen LogP contribution is -2.43. The summed E-state index contributed by atoms with van der Waals surface area (Å²) in [4.78, 5) is 11.5. The Morgan fingerprint density at radius 1 is 1.11 bits per heavy atom. The fourth-order valence-electron chi connectivity index (χ4n) is 3.88. The highest BCUT2D eigenvalue weighted by Crippen LogP contribution is 2.32. The Labute approximate surface area is 165 Å². The number of fused-ring (bicyclic) bond motifs is 1. The number of anilines is 1. The Hall–Kier alpha value is -1.98. The quantitative estimate of drug-likeness (QED) is 0.609.